The van der Waals surface area contributed by atoms with E-state index in [1.54, 1.807) is 19.9 Å². The van der Waals surface area contributed by atoms with Crippen molar-refractivity contribution in [2.24, 2.45) is 5.92 Å². The molecule has 2 aliphatic rings. The highest BCUT2D eigenvalue weighted by atomic mass is 32.2. The summed E-state index contributed by atoms with van der Waals surface area (Å²) in [6.07, 6.45) is 2.71. The van der Waals surface area contributed by atoms with Crippen molar-refractivity contribution < 1.29 is 8.42 Å². The van der Waals surface area contributed by atoms with Crippen LogP contribution in [-0.2, 0) is 16.6 Å². The normalized spacial score (nSPS) is 23.5. The summed E-state index contributed by atoms with van der Waals surface area (Å²) in [5.74, 6) is 0.612. The molecule has 0 aliphatic carbocycles. The lowest BCUT2D eigenvalue weighted by Gasteiger charge is -2.40. The van der Waals surface area contributed by atoms with E-state index in [4.69, 9.17) is 0 Å². The molecule has 1 atom stereocenters. The lowest BCUT2D eigenvalue weighted by molar-refractivity contribution is 0.250. The Morgan fingerprint density at radius 1 is 1.04 bits per heavy atom. The van der Waals surface area contributed by atoms with Gasteiger partial charge in [0, 0.05) is 24.5 Å². The Bertz CT molecular complexity index is 824. The van der Waals surface area contributed by atoms with E-state index in [2.05, 4.69) is 18.4 Å². The molecular weight excluding hydrogens is 352 g/mol. The fourth-order valence-corrected chi connectivity index (χ4v) is 6.58. The lowest BCUT2D eigenvalue weighted by atomic mass is 9.95. The quantitative estimate of drug-likeness (QED) is 0.820. The minimum atomic E-state index is -3.46. The van der Waals surface area contributed by atoms with Crippen LogP contribution < -0.4 is 0 Å². The first kappa shape index (κ1) is 17.2. The topological polar surface area (TPSA) is 40.6 Å². The van der Waals surface area contributed by atoms with Crippen molar-refractivity contribution >= 4 is 21.5 Å². The highest BCUT2D eigenvalue weighted by Gasteiger charge is 2.40. The summed E-state index contributed by atoms with van der Waals surface area (Å²) in [4.78, 5) is 1.31. The van der Waals surface area contributed by atoms with E-state index >= 15 is 0 Å². The first-order valence-corrected chi connectivity index (χ1v) is 11.2. The molecule has 2 aliphatic heterocycles. The Balaban J connectivity index is 1.72. The highest BCUT2D eigenvalue weighted by Crippen LogP contribution is 2.40. The van der Waals surface area contributed by atoms with Gasteiger partial charge in [0.15, 0.2) is 0 Å². The van der Waals surface area contributed by atoms with Crippen molar-refractivity contribution in [1.29, 1.82) is 0 Å². The van der Waals surface area contributed by atoms with E-state index < -0.39 is 10.2 Å². The van der Waals surface area contributed by atoms with Crippen molar-refractivity contribution in [3.8, 4) is 0 Å². The maximum atomic E-state index is 13.4. The van der Waals surface area contributed by atoms with Gasteiger partial charge in [-0.2, -0.15) is 17.0 Å². The summed E-state index contributed by atoms with van der Waals surface area (Å²) in [5, 5.41) is 2.08. The smallest absolute Gasteiger partial charge is 0.195 e. The summed E-state index contributed by atoms with van der Waals surface area (Å²) in [6, 6.07) is 11.9. The number of benzene rings is 1. The van der Waals surface area contributed by atoms with Crippen LogP contribution in [0.5, 0.6) is 0 Å². The van der Waals surface area contributed by atoms with Gasteiger partial charge in [-0.25, -0.2) is 0 Å². The van der Waals surface area contributed by atoms with Gasteiger partial charge in [-0.15, -0.1) is 11.3 Å². The van der Waals surface area contributed by atoms with Crippen LogP contribution >= 0.6 is 11.3 Å². The van der Waals surface area contributed by atoms with Gasteiger partial charge in [0.1, 0.15) is 0 Å². The SMILES string of the molecule is CC1CCN(S(=O)(=O)N2CCc3sccc3[C@H]2c2ccccc2)CC1. The Morgan fingerprint density at radius 2 is 1.76 bits per heavy atom. The van der Waals surface area contributed by atoms with E-state index in [1.807, 2.05) is 30.3 Å². The summed E-state index contributed by atoms with van der Waals surface area (Å²) >= 11 is 1.74. The number of thiophene rings is 1. The van der Waals surface area contributed by atoms with Gasteiger partial charge in [-0.05, 0) is 47.8 Å². The second-order valence-corrected chi connectivity index (χ2v) is 9.94. The van der Waals surface area contributed by atoms with Crippen LogP contribution in [0.3, 0.4) is 0 Å². The van der Waals surface area contributed by atoms with Gasteiger partial charge in [-0.3, -0.25) is 0 Å². The maximum absolute atomic E-state index is 13.4. The summed E-state index contributed by atoms with van der Waals surface area (Å²) in [5.41, 5.74) is 2.20. The number of fused-ring (bicyclic) bond motifs is 1. The van der Waals surface area contributed by atoms with Crippen LogP contribution in [0, 0.1) is 5.92 Å². The predicted octanol–water partition coefficient (Wildman–Crippen LogP) is 3.67. The number of piperidine rings is 1. The van der Waals surface area contributed by atoms with E-state index in [-0.39, 0.29) is 6.04 Å². The molecule has 0 N–H and O–H groups in total. The molecule has 25 heavy (non-hydrogen) atoms. The molecule has 0 bridgehead atoms. The van der Waals surface area contributed by atoms with Crippen molar-refractivity contribution in [2.75, 3.05) is 19.6 Å². The zero-order valence-electron chi connectivity index (χ0n) is 14.5. The molecule has 4 rings (SSSR count). The standard InChI is InChI=1S/C19H24N2O2S2/c1-15-7-11-20(12-8-15)25(22,23)21-13-9-18-17(10-14-24-18)19(21)16-5-3-2-4-6-16/h2-6,10,14-15,19H,7-9,11-13H2,1H3/t19-/m1/s1. The third-order valence-corrected chi connectivity index (χ3v) is 8.40. The molecule has 0 saturated carbocycles. The first-order valence-electron chi connectivity index (χ1n) is 8.95. The Morgan fingerprint density at radius 3 is 2.48 bits per heavy atom. The predicted molar refractivity (Wildman–Crippen MR) is 102 cm³/mol. The second-order valence-electron chi connectivity index (χ2n) is 7.06. The monoisotopic (exact) mass is 376 g/mol. The van der Waals surface area contributed by atoms with E-state index in [0.717, 1.165) is 30.4 Å². The van der Waals surface area contributed by atoms with Crippen LogP contribution in [0.4, 0.5) is 0 Å². The molecule has 1 fully saturated rings. The number of hydrogen-bond donors (Lipinski definition) is 0. The van der Waals surface area contributed by atoms with Crippen molar-refractivity contribution in [3.63, 3.8) is 0 Å². The minimum Gasteiger partial charge on any atom is -0.195 e. The third kappa shape index (κ3) is 3.16. The molecule has 4 nitrogen and oxygen atoms in total. The number of nitrogens with zero attached hydrogens (tertiary/aromatic N) is 2. The van der Waals surface area contributed by atoms with Gasteiger partial charge >= 0.3 is 0 Å². The highest BCUT2D eigenvalue weighted by molar-refractivity contribution is 7.86. The molecule has 6 heteroatoms. The third-order valence-electron chi connectivity index (χ3n) is 5.40. The zero-order chi connectivity index (χ0) is 17.4. The van der Waals surface area contributed by atoms with Crippen molar-refractivity contribution in [2.45, 2.75) is 32.2 Å². The van der Waals surface area contributed by atoms with Crippen LogP contribution in [0.15, 0.2) is 41.8 Å². The van der Waals surface area contributed by atoms with E-state index in [1.165, 1.54) is 4.88 Å². The minimum absolute atomic E-state index is 0.208. The van der Waals surface area contributed by atoms with Crippen LogP contribution in [0.2, 0.25) is 0 Å². The molecule has 0 amide bonds. The van der Waals surface area contributed by atoms with Crippen molar-refractivity contribution in [1.82, 2.24) is 8.61 Å². The molecule has 1 aromatic heterocycles. The number of rotatable bonds is 3. The van der Waals surface area contributed by atoms with Gasteiger partial charge in [-0.1, -0.05) is 37.3 Å². The molecule has 3 heterocycles. The molecule has 0 spiro atoms. The zero-order valence-corrected chi connectivity index (χ0v) is 16.1. The van der Waals surface area contributed by atoms with Gasteiger partial charge < -0.3 is 0 Å². The van der Waals surface area contributed by atoms with Crippen LogP contribution in [0.25, 0.3) is 0 Å². The Hall–Kier alpha value is -1.21. The van der Waals surface area contributed by atoms with E-state index in [9.17, 15) is 8.42 Å². The first-order chi connectivity index (χ1) is 12.1. The van der Waals surface area contributed by atoms with Crippen LogP contribution in [0.1, 0.15) is 41.8 Å². The Kier molecular flexibility index (Phi) is 4.71. The van der Waals surface area contributed by atoms with Crippen molar-refractivity contribution in [3.05, 3.63) is 57.8 Å². The fraction of sp³-hybridized carbons (Fsp3) is 0.474. The molecule has 0 radical (unpaired) electrons. The molecular formula is C19H24N2O2S2. The largest absolute Gasteiger partial charge is 0.282 e. The summed E-state index contributed by atoms with van der Waals surface area (Å²) < 4.78 is 30.3. The molecule has 1 saturated heterocycles. The van der Waals surface area contributed by atoms with Gasteiger partial charge in [0.25, 0.3) is 10.2 Å². The molecule has 2 aromatic rings. The average Bonchev–Trinajstić information content (AvgIpc) is 3.10. The van der Waals surface area contributed by atoms with Gasteiger partial charge in [0.05, 0.1) is 6.04 Å². The van der Waals surface area contributed by atoms with Gasteiger partial charge in [0.2, 0.25) is 0 Å². The average molecular weight is 377 g/mol. The Labute approximate surface area is 154 Å². The lowest BCUT2D eigenvalue weighted by Crippen LogP contribution is -2.50. The van der Waals surface area contributed by atoms with E-state index in [0.29, 0.717) is 25.6 Å². The molecule has 134 valence electrons. The van der Waals surface area contributed by atoms with Crippen LogP contribution in [-0.4, -0.2) is 36.7 Å². The molecule has 1 aromatic carbocycles. The summed E-state index contributed by atoms with van der Waals surface area (Å²) in [6.45, 7) is 4.03. The summed E-state index contributed by atoms with van der Waals surface area (Å²) in [7, 11) is -3.46. The number of hydrogen-bond acceptors (Lipinski definition) is 3. The molecule has 0 unspecified atom stereocenters. The second kappa shape index (κ2) is 6.83. The maximum Gasteiger partial charge on any atom is 0.282 e. The fourth-order valence-electron chi connectivity index (χ4n) is 3.89.